The average molecular weight is 273 g/mol. The van der Waals surface area contributed by atoms with Crippen molar-refractivity contribution in [1.29, 1.82) is 0 Å². The number of rotatable bonds is 4. The first kappa shape index (κ1) is 13.5. The maximum atomic E-state index is 9.69. The zero-order valence-electron chi connectivity index (χ0n) is 11.3. The minimum Gasteiger partial charge on any atom is -0.504 e. The molecule has 3 N–H and O–H groups in total. The summed E-state index contributed by atoms with van der Waals surface area (Å²) < 4.78 is 5.77. The number of nitrogen functional groups attached to an aromatic ring is 1. The van der Waals surface area contributed by atoms with E-state index in [0.29, 0.717) is 12.0 Å². The van der Waals surface area contributed by atoms with Gasteiger partial charge in [-0.15, -0.1) is 0 Å². The van der Waals surface area contributed by atoms with E-state index in [1.165, 1.54) is 5.19 Å². The third-order valence-corrected chi connectivity index (χ3v) is 5.91. The van der Waals surface area contributed by atoms with Gasteiger partial charge in [0.05, 0.1) is 6.23 Å². The van der Waals surface area contributed by atoms with E-state index in [1.807, 2.05) is 18.2 Å². The Balaban J connectivity index is 2.09. The predicted octanol–water partition coefficient (Wildman–Crippen LogP) is 2.51. The fraction of sp³-hybridized carbons (Fsp3) is 0.200. The van der Waals surface area contributed by atoms with Gasteiger partial charge in [0.25, 0.3) is 0 Å². The lowest BCUT2D eigenvalue weighted by Crippen LogP contribution is -2.47. The minimum atomic E-state index is -1.70. The highest BCUT2D eigenvalue weighted by atomic mass is 28.3. The summed E-state index contributed by atoms with van der Waals surface area (Å²) in [5.74, 6) is 0.725. The Bertz CT molecular complexity index is 552. The van der Waals surface area contributed by atoms with Gasteiger partial charge in [0.2, 0.25) is 0 Å². The SMILES string of the molecule is C[Si](C)(COc1ccccc1O)c1ccc(N)cc1. The van der Waals surface area contributed by atoms with Crippen LogP contribution in [0.3, 0.4) is 0 Å². The molecule has 0 aliphatic rings. The molecule has 0 heterocycles. The smallest absolute Gasteiger partial charge is 0.160 e. The highest BCUT2D eigenvalue weighted by Gasteiger charge is 2.25. The first-order valence-corrected chi connectivity index (χ1v) is 9.46. The molecule has 0 aromatic heterocycles. The summed E-state index contributed by atoms with van der Waals surface area (Å²) in [6, 6.07) is 15.0. The molecule has 0 unspecified atom stereocenters. The lowest BCUT2D eigenvalue weighted by Gasteiger charge is -2.23. The monoisotopic (exact) mass is 273 g/mol. The number of phenols is 1. The maximum absolute atomic E-state index is 9.69. The van der Waals surface area contributed by atoms with E-state index in [1.54, 1.807) is 18.2 Å². The lowest BCUT2D eigenvalue weighted by atomic mass is 10.3. The molecule has 0 fully saturated rings. The van der Waals surface area contributed by atoms with Crippen LogP contribution in [0.25, 0.3) is 0 Å². The van der Waals surface area contributed by atoms with Crippen LogP contribution in [-0.2, 0) is 0 Å². The Labute approximate surface area is 114 Å². The van der Waals surface area contributed by atoms with Crippen molar-refractivity contribution in [3.63, 3.8) is 0 Å². The van der Waals surface area contributed by atoms with Crippen molar-refractivity contribution < 1.29 is 9.84 Å². The summed E-state index contributed by atoms with van der Waals surface area (Å²) in [5, 5.41) is 11.0. The molecule has 0 spiro atoms. The quantitative estimate of drug-likeness (QED) is 0.665. The highest BCUT2D eigenvalue weighted by Crippen LogP contribution is 2.25. The zero-order chi connectivity index (χ0) is 13.9. The Kier molecular flexibility index (Phi) is 3.81. The van der Waals surface area contributed by atoms with E-state index < -0.39 is 8.07 Å². The summed E-state index contributed by atoms with van der Waals surface area (Å²) in [7, 11) is -1.70. The van der Waals surface area contributed by atoms with E-state index in [-0.39, 0.29) is 5.75 Å². The van der Waals surface area contributed by atoms with E-state index in [2.05, 4.69) is 25.2 Å². The van der Waals surface area contributed by atoms with Crippen LogP contribution < -0.4 is 15.7 Å². The number of nitrogens with two attached hydrogens (primary N) is 1. The van der Waals surface area contributed by atoms with Crippen molar-refractivity contribution in [1.82, 2.24) is 0 Å². The second-order valence-electron chi connectivity index (χ2n) is 5.26. The molecule has 3 nitrogen and oxygen atoms in total. The molecule has 0 saturated heterocycles. The number of hydrogen-bond donors (Lipinski definition) is 2. The van der Waals surface area contributed by atoms with E-state index in [4.69, 9.17) is 10.5 Å². The maximum Gasteiger partial charge on any atom is 0.160 e. The Morgan fingerprint density at radius 2 is 1.68 bits per heavy atom. The molecule has 0 radical (unpaired) electrons. The third-order valence-electron chi connectivity index (χ3n) is 3.15. The van der Waals surface area contributed by atoms with Crippen molar-refractivity contribution in [2.75, 3.05) is 12.0 Å². The van der Waals surface area contributed by atoms with Crippen molar-refractivity contribution >= 4 is 18.9 Å². The number of phenolic OH excluding ortho intramolecular Hbond substituents is 1. The molecule has 0 aliphatic heterocycles. The van der Waals surface area contributed by atoms with E-state index >= 15 is 0 Å². The zero-order valence-corrected chi connectivity index (χ0v) is 12.3. The van der Waals surface area contributed by atoms with Gasteiger partial charge in [0.15, 0.2) is 11.5 Å². The van der Waals surface area contributed by atoms with Crippen LogP contribution in [0.1, 0.15) is 0 Å². The second kappa shape index (κ2) is 5.36. The standard InChI is InChI=1S/C15H19NO2Si/c1-19(2,13-9-7-12(16)8-10-13)11-18-15-6-4-3-5-14(15)17/h3-10,17H,11,16H2,1-2H3. The molecule has 2 rings (SSSR count). The van der Waals surface area contributed by atoms with Crippen molar-refractivity contribution in [3.8, 4) is 11.5 Å². The molecule has 100 valence electrons. The van der Waals surface area contributed by atoms with Gasteiger partial charge in [-0.2, -0.15) is 0 Å². The molecule has 0 aliphatic carbocycles. The van der Waals surface area contributed by atoms with Gasteiger partial charge in [-0.25, -0.2) is 0 Å². The normalized spacial score (nSPS) is 11.3. The number of anilines is 1. The average Bonchev–Trinajstić information content (AvgIpc) is 2.38. The Morgan fingerprint density at radius 1 is 1.05 bits per heavy atom. The van der Waals surface area contributed by atoms with Gasteiger partial charge in [-0.1, -0.05) is 42.5 Å². The number of aromatic hydroxyl groups is 1. The first-order chi connectivity index (χ1) is 8.99. The van der Waals surface area contributed by atoms with Crippen molar-refractivity contribution in [2.45, 2.75) is 13.1 Å². The molecule has 2 aromatic rings. The van der Waals surface area contributed by atoms with Gasteiger partial charge in [0.1, 0.15) is 8.07 Å². The first-order valence-electron chi connectivity index (χ1n) is 6.26. The summed E-state index contributed by atoms with van der Waals surface area (Å²) in [5.41, 5.74) is 6.48. The number of hydrogen-bond acceptors (Lipinski definition) is 3. The number of ether oxygens (including phenoxy) is 1. The summed E-state index contributed by atoms with van der Waals surface area (Å²) >= 11 is 0. The second-order valence-corrected chi connectivity index (χ2v) is 9.90. The van der Waals surface area contributed by atoms with Crippen LogP contribution in [0.4, 0.5) is 5.69 Å². The third kappa shape index (κ3) is 3.29. The molecule has 4 heteroatoms. The van der Waals surface area contributed by atoms with E-state index in [9.17, 15) is 5.11 Å². The topological polar surface area (TPSA) is 55.5 Å². The fourth-order valence-electron chi connectivity index (χ4n) is 1.86. The minimum absolute atomic E-state index is 0.185. The Morgan fingerprint density at radius 3 is 2.32 bits per heavy atom. The van der Waals surface area contributed by atoms with Crippen LogP contribution in [0, 0.1) is 0 Å². The van der Waals surface area contributed by atoms with Crippen LogP contribution in [0.15, 0.2) is 48.5 Å². The van der Waals surface area contributed by atoms with Crippen LogP contribution >= 0.6 is 0 Å². The summed E-state index contributed by atoms with van der Waals surface area (Å²) in [4.78, 5) is 0. The van der Waals surface area contributed by atoms with E-state index in [0.717, 1.165) is 5.69 Å². The molecular weight excluding hydrogens is 254 g/mol. The molecular formula is C15H19NO2Si. The molecule has 0 amide bonds. The largest absolute Gasteiger partial charge is 0.504 e. The van der Waals surface area contributed by atoms with Gasteiger partial charge in [-0.05, 0) is 24.3 Å². The van der Waals surface area contributed by atoms with Crippen LogP contribution in [0.5, 0.6) is 11.5 Å². The molecule has 0 atom stereocenters. The lowest BCUT2D eigenvalue weighted by molar-refractivity contribution is 0.348. The fourth-order valence-corrected chi connectivity index (χ4v) is 3.61. The van der Waals surface area contributed by atoms with Crippen LogP contribution in [-0.4, -0.2) is 19.4 Å². The van der Waals surface area contributed by atoms with Gasteiger partial charge in [0, 0.05) is 5.69 Å². The predicted molar refractivity (Wildman–Crippen MR) is 81.6 cm³/mol. The molecule has 2 aromatic carbocycles. The molecule has 0 bridgehead atoms. The van der Waals surface area contributed by atoms with Gasteiger partial charge >= 0.3 is 0 Å². The summed E-state index contributed by atoms with van der Waals surface area (Å²) in [6.45, 7) is 4.47. The van der Waals surface area contributed by atoms with Gasteiger partial charge in [-0.3, -0.25) is 0 Å². The number of benzene rings is 2. The van der Waals surface area contributed by atoms with Crippen LogP contribution in [0.2, 0.25) is 13.1 Å². The molecule has 0 saturated carbocycles. The van der Waals surface area contributed by atoms with Crippen molar-refractivity contribution in [3.05, 3.63) is 48.5 Å². The summed E-state index contributed by atoms with van der Waals surface area (Å²) in [6.07, 6.45) is 0.620. The van der Waals surface area contributed by atoms with Gasteiger partial charge < -0.3 is 15.6 Å². The number of para-hydroxylation sites is 2. The van der Waals surface area contributed by atoms with Crippen molar-refractivity contribution in [2.24, 2.45) is 0 Å². The highest BCUT2D eigenvalue weighted by molar-refractivity contribution is 6.89. The molecule has 19 heavy (non-hydrogen) atoms. The Hall–Kier alpha value is -1.94.